The number of amides is 1. The molecule has 1 N–H and O–H groups in total. The Morgan fingerprint density at radius 2 is 2.12 bits per heavy atom. The molecule has 4 heterocycles. The maximum atomic E-state index is 13.3. The van der Waals surface area contributed by atoms with Crippen LogP contribution in [-0.2, 0) is 0 Å². The van der Waals surface area contributed by atoms with E-state index >= 15 is 0 Å². The van der Waals surface area contributed by atoms with Gasteiger partial charge in [0.25, 0.3) is 18.1 Å². The first-order chi connectivity index (χ1) is 15.1. The number of likely N-dealkylation sites (N-methyl/N-ethyl adjacent to an activating group) is 1. The zero-order valence-electron chi connectivity index (χ0n) is 17.5. The predicted molar refractivity (Wildman–Crippen MR) is 108 cm³/mol. The van der Waals surface area contributed by atoms with Crippen molar-refractivity contribution in [1.82, 2.24) is 29.5 Å². The largest absolute Gasteiger partial charge is 0.386 e. The minimum Gasteiger partial charge on any atom is -0.386 e. The number of alkyl halides is 2. The zero-order chi connectivity index (χ0) is 23.0. The molecule has 1 fully saturated rings. The SMILES string of the molecule is Cc1cc(C(F)F)n2nc(C(=O)N(C)C[C@@]3(O)CCCN(c4ccc(F)cn4)C3)nc2n1. The number of pyridine rings is 1. The Hall–Kier alpha value is -3.28. The maximum Gasteiger partial charge on any atom is 0.293 e. The Bertz CT molecular complexity index is 1140. The van der Waals surface area contributed by atoms with E-state index in [1.54, 1.807) is 6.92 Å². The van der Waals surface area contributed by atoms with Gasteiger partial charge in [-0.25, -0.2) is 23.1 Å². The molecule has 32 heavy (non-hydrogen) atoms. The second-order valence-corrected chi connectivity index (χ2v) is 8.02. The molecule has 4 rings (SSSR count). The molecule has 1 aliphatic rings. The third-order valence-electron chi connectivity index (χ3n) is 5.35. The summed E-state index contributed by atoms with van der Waals surface area (Å²) in [6, 6.07) is 4.02. The zero-order valence-corrected chi connectivity index (χ0v) is 17.5. The fourth-order valence-electron chi connectivity index (χ4n) is 3.94. The molecule has 0 spiro atoms. The van der Waals surface area contributed by atoms with Gasteiger partial charge in [0.15, 0.2) is 0 Å². The van der Waals surface area contributed by atoms with E-state index in [1.165, 1.54) is 30.1 Å². The molecule has 0 radical (unpaired) electrons. The highest BCUT2D eigenvalue weighted by molar-refractivity contribution is 5.90. The molecule has 3 aromatic heterocycles. The quantitative estimate of drug-likeness (QED) is 0.636. The second kappa shape index (κ2) is 8.34. The van der Waals surface area contributed by atoms with E-state index in [9.17, 15) is 23.1 Å². The molecular formula is C20H22F3N7O2. The molecule has 9 nitrogen and oxygen atoms in total. The molecule has 1 amide bonds. The minimum atomic E-state index is -2.81. The summed E-state index contributed by atoms with van der Waals surface area (Å²) in [7, 11) is 1.48. The van der Waals surface area contributed by atoms with Crippen LogP contribution in [0.1, 0.15) is 41.3 Å². The molecule has 12 heteroatoms. The lowest BCUT2D eigenvalue weighted by atomic mass is 9.92. The molecule has 0 aliphatic carbocycles. The lowest BCUT2D eigenvalue weighted by Gasteiger charge is -2.41. The van der Waals surface area contributed by atoms with Crippen molar-refractivity contribution in [3.05, 3.63) is 47.4 Å². The van der Waals surface area contributed by atoms with Gasteiger partial charge < -0.3 is 14.9 Å². The Morgan fingerprint density at radius 3 is 2.81 bits per heavy atom. The van der Waals surface area contributed by atoms with Gasteiger partial charge in [-0.05, 0) is 38.0 Å². The van der Waals surface area contributed by atoms with Gasteiger partial charge in [-0.1, -0.05) is 0 Å². The number of carbonyl (C=O) groups excluding carboxylic acids is 1. The maximum absolute atomic E-state index is 13.3. The third kappa shape index (κ3) is 4.35. The van der Waals surface area contributed by atoms with E-state index in [-0.39, 0.29) is 24.7 Å². The van der Waals surface area contributed by atoms with Crippen LogP contribution in [0.4, 0.5) is 19.0 Å². The minimum absolute atomic E-state index is 0.0345. The lowest BCUT2D eigenvalue weighted by molar-refractivity contribution is -0.000431. The first kappa shape index (κ1) is 21.9. The molecule has 1 saturated heterocycles. The monoisotopic (exact) mass is 449 g/mol. The number of hydrogen-bond acceptors (Lipinski definition) is 7. The van der Waals surface area contributed by atoms with Crippen LogP contribution in [0.15, 0.2) is 24.4 Å². The van der Waals surface area contributed by atoms with Crippen molar-refractivity contribution in [1.29, 1.82) is 0 Å². The van der Waals surface area contributed by atoms with Gasteiger partial charge >= 0.3 is 0 Å². The molecule has 1 atom stereocenters. The molecule has 0 saturated carbocycles. The number of β-amino-alcohol motifs (C(OH)–C–C–N with tert-alkyl or cyclic N) is 1. The number of aromatic nitrogens is 5. The number of piperidine rings is 1. The highest BCUT2D eigenvalue weighted by atomic mass is 19.3. The van der Waals surface area contributed by atoms with Gasteiger partial charge in [0, 0.05) is 25.8 Å². The Morgan fingerprint density at radius 1 is 1.34 bits per heavy atom. The van der Waals surface area contributed by atoms with Crippen molar-refractivity contribution in [3.63, 3.8) is 0 Å². The number of aliphatic hydroxyl groups is 1. The lowest BCUT2D eigenvalue weighted by Crippen LogP contribution is -2.55. The summed E-state index contributed by atoms with van der Waals surface area (Å²) in [5.74, 6) is -0.933. The molecule has 170 valence electrons. The summed E-state index contributed by atoms with van der Waals surface area (Å²) in [5.41, 5.74) is -1.32. The van der Waals surface area contributed by atoms with Gasteiger partial charge in [0.1, 0.15) is 17.3 Å². The molecule has 0 aromatic carbocycles. The highest BCUT2D eigenvalue weighted by Crippen LogP contribution is 2.26. The smallest absolute Gasteiger partial charge is 0.293 e. The third-order valence-corrected chi connectivity index (χ3v) is 5.35. The molecule has 0 bridgehead atoms. The second-order valence-electron chi connectivity index (χ2n) is 8.02. The molecule has 1 aliphatic heterocycles. The van der Waals surface area contributed by atoms with Gasteiger partial charge in [-0.2, -0.15) is 9.50 Å². The first-order valence-corrected chi connectivity index (χ1v) is 10.0. The van der Waals surface area contributed by atoms with Crippen LogP contribution in [0.3, 0.4) is 0 Å². The number of fused-ring (bicyclic) bond motifs is 1. The fraction of sp³-hybridized carbons (Fsp3) is 0.450. The summed E-state index contributed by atoms with van der Waals surface area (Å²) >= 11 is 0. The number of hydrogen-bond donors (Lipinski definition) is 1. The van der Waals surface area contributed by atoms with Crippen molar-refractivity contribution in [2.24, 2.45) is 0 Å². The standard InChI is InChI=1S/C20H22F3N7O2/c1-12-8-14(16(22)23)30-19(25-12)26-17(27-30)18(31)28(2)10-20(32)6-3-7-29(11-20)15-5-4-13(21)9-24-15/h4-5,8-9,16,32H,3,6-7,10-11H2,1-2H3/t20-/m0/s1. The number of aryl methyl sites for hydroxylation is 1. The van der Waals surface area contributed by atoms with Crippen LogP contribution in [-0.4, -0.2) is 72.8 Å². The van der Waals surface area contributed by atoms with Crippen LogP contribution in [0, 0.1) is 12.7 Å². The normalized spacial score (nSPS) is 19.0. The fourth-order valence-corrected chi connectivity index (χ4v) is 3.94. The summed E-state index contributed by atoms with van der Waals surface area (Å²) < 4.78 is 40.7. The summed E-state index contributed by atoms with van der Waals surface area (Å²) in [4.78, 5) is 28.1. The molecule has 3 aromatic rings. The van der Waals surface area contributed by atoms with Crippen LogP contribution >= 0.6 is 0 Å². The van der Waals surface area contributed by atoms with E-state index in [0.29, 0.717) is 30.9 Å². The van der Waals surface area contributed by atoms with E-state index in [4.69, 9.17) is 0 Å². The first-order valence-electron chi connectivity index (χ1n) is 10.0. The van der Waals surface area contributed by atoms with Gasteiger partial charge in [-0.15, -0.1) is 5.10 Å². The highest BCUT2D eigenvalue weighted by Gasteiger charge is 2.36. The summed E-state index contributed by atoms with van der Waals surface area (Å²) in [6.45, 7) is 2.34. The van der Waals surface area contributed by atoms with Crippen molar-refractivity contribution in [3.8, 4) is 0 Å². The number of rotatable bonds is 5. The van der Waals surface area contributed by atoms with Gasteiger partial charge in [0.2, 0.25) is 5.82 Å². The summed E-state index contributed by atoms with van der Waals surface area (Å²) in [5, 5.41) is 15.0. The van der Waals surface area contributed by atoms with Crippen LogP contribution in [0.2, 0.25) is 0 Å². The van der Waals surface area contributed by atoms with Crippen LogP contribution < -0.4 is 4.90 Å². The van der Waals surface area contributed by atoms with E-state index in [2.05, 4.69) is 20.1 Å². The van der Waals surface area contributed by atoms with Crippen molar-refractivity contribution >= 4 is 17.5 Å². The van der Waals surface area contributed by atoms with Crippen LogP contribution in [0.25, 0.3) is 5.78 Å². The Labute approximate surface area is 181 Å². The average molecular weight is 449 g/mol. The van der Waals surface area contributed by atoms with Crippen molar-refractivity contribution < 1.29 is 23.1 Å². The molecule has 0 unspecified atom stereocenters. The van der Waals surface area contributed by atoms with Gasteiger partial charge in [-0.3, -0.25) is 4.79 Å². The number of nitrogens with zero attached hydrogens (tertiary/aromatic N) is 7. The summed E-state index contributed by atoms with van der Waals surface area (Å²) in [6.07, 6.45) is -0.616. The topological polar surface area (TPSA) is 99.8 Å². The Balaban J connectivity index is 1.51. The molecular weight excluding hydrogens is 427 g/mol. The average Bonchev–Trinajstić information content (AvgIpc) is 3.16. The van der Waals surface area contributed by atoms with Crippen LogP contribution in [0.5, 0.6) is 0 Å². The van der Waals surface area contributed by atoms with Gasteiger partial charge in [0.05, 0.1) is 18.3 Å². The van der Waals surface area contributed by atoms with E-state index in [1.807, 2.05) is 4.90 Å². The van der Waals surface area contributed by atoms with E-state index < -0.39 is 29.4 Å². The van der Waals surface area contributed by atoms with Crippen molar-refractivity contribution in [2.45, 2.75) is 31.8 Å². The number of carbonyl (C=O) groups is 1. The van der Waals surface area contributed by atoms with Crippen molar-refractivity contribution in [2.75, 3.05) is 31.6 Å². The predicted octanol–water partition coefficient (Wildman–Crippen LogP) is 2.01. The number of anilines is 1. The van der Waals surface area contributed by atoms with E-state index in [0.717, 1.165) is 10.7 Å². The number of halogens is 3. The Kier molecular flexibility index (Phi) is 5.71.